The monoisotopic (exact) mass is 227 g/mol. The molecule has 0 aromatic carbocycles. The Morgan fingerprint density at radius 3 is 2.19 bits per heavy atom. The topological polar surface area (TPSA) is 46.2 Å². The Balaban J connectivity index is 3.24. The van der Waals surface area contributed by atoms with Gasteiger partial charge in [-0.25, -0.2) is 0 Å². The SMILES string of the molecule is CC(=O)CCNCCCC(C)CCC(C)=O. The van der Waals surface area contributed by atoms with Gasteiger partial charge in [-0.1, -0.05) is 6.92 Å². The summed E-state index contributed by atoms with van der Waals surface area (Å²) in [5.74, 6) is 1.15. The van der Waals surface area contributed by atoms with Gasteiger partial charge in [0.1, 0.15) is 11.6 Å². The molecule has 0 fully saturated rings. The van der Waals surface area contributed by atoms with Gasteiger partial charge >= 0.3 is 0 Å². The van der Waals surface area contributed by atoms with Crippen LogP contribution in [-0.2, 0) is 9.59 Å². The van der Waals surface area contributed by atoms with Crippen molar-refractivity contribution in [2.75, 3.05) is 13.1 Å². The van der Waals surface area contributed by atoms with Crippen LogP contribution in [0.4, 0.5) is 0 Å². The Labute approximate surface area is 99.0 Å². The molecule has 0 aliphatic rings. The summed E-state index contributed by atoms with van der Waals surface area (Å²) in [5, 5.41) is 3.25. The molecule has 1 unspecified atom stereocenters. The number of rotatable bonds is 10. The molecule has 0 heterocycles. The summed E-state index contributed by atoms with van der Waals surface area (Å²) >= 11 is 0. The van der Waals surface area contributed by atoms with Crippen LogP contribution in [0.25, 0.3) is 0 Å². The summed E-state index contributed by atoms with van der Waals surface area (Å²) in [4.78, 5) is 21.4. The Bertz CT molecular complexity index is 214. The van der Waals surface area contributed by atoms with Crippen LogP contribution in [0.2, 0.25) is 0 Å². The fourth-order valence-electron chi connectivity index (χ4n) is 1.56. The molecule has 0 bridgehead atoms. The molecular formula is C13H25NO2. The number of nitrogens with one attached hydrogen (secondary N) is 1. The van der Waals surface area contributed by atoms with Gasteiger partial charge in [0.2, 0.25) is 0 Å². The van der Waals surface area contributed by atoms with Crippen LogP contribution in [0.1, 0.15) is 52.9 Å². The number of Topliss-reactive ketones (excluding diaryl/α,β-unsaturated/α-hetero) is 2. The van der Waals surface area contributed by atoms with Crippen molar-refractivity contribution in [1.82, 2.24) is 5.32 Å². The number of hydrogen-bond acceptors (Lipinski definition) is 3. The fourth-order valence-corrected chi connectivity index (χ4v) is 1.56. The molecule has 94 valence electrons. The summed E-state index contributed by atoms with van der Waals surface area (Å²) < 4.78 is 0. The van der Waals surface area contributed by atoms with Crippen molar-refractivity contribution >= 4 is 11.6 Å². The molecule has 0 aromatic rings. The number of hydrogen-bond donors (Lipinski definition) is 1. The first-order valence-electron chi connectivity index (χ1n) is 6.22. The van der Waals surface area contributed by atoms with E-state index in [9.17, 15) is 9.59 Å². The van der Waals surface area contributed by atoms with Gasteiger partial charge in [-0.15, -0.1) is 0 Å². The van der Waals surface area contributed by atoms with E-state index in [2.05, 4.69) is 12.2 Å². The van der Waals surface area contributed by atoms with Gasteiger partial charge in [0.25, 0.3) is 0 Å². The lowest BCUT2D eigenvalue weighted by Crippen LogP contribution is -2.19. The Morgan fingerprint density at radius 1 is 1.00 bits per heavy atom. The normalized spacial score (nSPS) is 12.4. The number of ketones is 2. The summed E-state index contributed by atoms with van der Waals surface area (Å²) in [7, 11) is 0. The van der Waals surface area contributed by atoms with E-state index in [1.54, 1.807) is 13.8 Å². The molecule has 1 atom stereocenters. The fraction of sp³-hybridized carbons (Fsp3) is 0.846. The predicted molar refractivity (Wildman–Crippen MR) is 66.5 cm³/mol. The maximum absolute atomic E-state index is 10.8. The van der Waals surface area contributed by atoms with E-state index >= 15 is 0 Å². The Morgan fingerprint density at radius 2 is 1.62 bits per heavy atom. The second kappa shape index (κ2) is 9.52. The zero-order chi connectivity index (χ0) is 12.4. The Kier molecular flexibility index (Phi) is 9.10. The van der Waals surface area contributed by atoms with E-state index in [-0.39, 0.29) is 11.6 Å². The van der Waals surface area contributed by atoms with E-state index in [4.69, 9.17) is 0 Å². The van der Waals surface area contributed by atoms with E-state index in [0.29, 0.717) is 18.8 Å². The molecule has 0 aromatic heterocycles. The second-order valence-corrected chi connectivity index (χ2v) is 4.69. The molecule has 1 N–H and O–H groups in total. The average molecular weight is 227 g/mol. The van der Waals surface area contributed by atoms with E-state index in [1.807, 2.05) is 0 Å². The largest absolute Gasteiger partial charge is 0.316 e. The van der Waals surface area contributed by atoms with Crippen LogP contribution < -0.4 is 5.32 Å². The lowest BCUT2D eigenvalue weighted by molar-refractivity contribution is -0.117. The first-order valence-corrected chi connectivity index (χ1v) is 6.22. The smallest absolute Gasteiger partial charge is 0.131 e. The molecule has 0 aliphatic heterocycles. The van der Waals surface area contributed by atoms with Gasteiger partial charge in [-0.2, -0.15) is 0 Å². The molecule has 3 heteroatoms. The van der Waals surface area contributed by atoms with Gasteiger partial charge in [-0.3, -0.25) is 4.79 Å². The van der Waals surface area contributed by atoms with Crippen LogP contribution in [0.15, 0.2) is 0 Å². The van der Waals surface area contributed by atoms with E-state index < -0.39 is 0 Å². The molecule has 0 rings (SSSR count). The molecule has 0 amide bonds. The molecule has 16 heavy (non-hydrogen) atoms. The minimum atomic E-state index is 0.238. The van der Waals surface area contributed by atoms with Crippen LogP contribution in [0, 0.1) is 5.92 Å². The van der Waals surface area contributed by atoms with E-state index in [1.165, 1.54) is 0 Å². The predicted octanol–water partition coefficient (Wildman–Crippen LogP) is 2.34. The highest BCUT2D eigenvalue weighted by molar-refractivity contribution is 5.75. The van der Waals surface area contributed by atoms with Crippen molar-refractivity contribution in [2.45, 2.75) is 52.9 Å². The standard InChI is InChI=1S/C13H25NO2/c1-11(6-7-12(2)15)5-4-9-14-10-8-13(3)16/h11,14H,4-10H2,1-3H3. The van der Waals surface area contributed by atoms with Crippen molar-refractivity contribution in [3.05, 3.63) is 0 Å². The molecule has 0 saturated carbocycles. The van der Waals surface area contributed by atoms with Gasteiger partial charge in [0.15, 0.2) is 0 Å². The first-order chi connectivity index (χ1) is 7.52. The van der Waals surface area contributed by atoms with Crippen LogP contribution in [0.5, 0.6) is 0 Å². The molecule has 0 radical (unpaired) electrons. The molecule has 0 aliphatic carbocycles. The maximum Gasteiger partial charge on any atom is 0.131 e. The first kappa shape index (κ1) is 15.3. The van der Waals surface area contributed by atoms with Gasteiger partial charge in [-0.05, 0) is 45.6 Å². The van der Waals surface area contributed by atoms with Gasteiger partial charge in [0.05, 0.1) is 0 Å². The van der Waals surface area contributed by atoms with Crippen LogP contribution >= 0.6 is 0 Å². The highest BCUT2D eigenvalue weighted by atomic mass is 16.1. The number of carbonyl (C=O) groups is 2. The summed E-state index contributed by atoms with van der Waals surface area (Å²) in [5.41, 5.74) is 0. The highest BCUT2D eigenvalue weighted by Crippen LogP contribution is 2.12. The minimum Gasteiger partial charge on any atom is -0.316 e. The van der Waals surface area contributed by atoms with Gasteiger partial charge in [0, 0.05) is 19.4 Å². The summed E-state index contributed by atoms with van der Waals surface area (Å²) in [6.07, 6.45) is 4.61. The van der Waals surface area contributed by atoms with Crippen molar-refractivity contribution in [3.63, 3.8) is 0 Å². The summed E-state index contributed by atoms with van der Waals surface area (Å²) in [6.45, 7) is 7.22. The zero-order valence-corrected chi connectivity index (χ0v) is 10.8. The molecule has 0 saturated heterocycles. The van der Waals surface area contributed by atoms with E-state index in [0.717, 1.165) is 32.4 Å². The second-order valence-electron chi connectivity index (χ2n) is 4.69. The third-order valence-corrected chi connectivity index (χ3v) is 2.69. The average Bonchev–Trinajstić information content (AvgIpc) is 2.19. The van der Waals surface area contributed by atoms with Gasteiger partial charge < -0.3 is 10.1 Å². The lowest BCUT2D eigenvalue weighted by atomic mass is 9.99. The molecular weight excluding hydrogens is 202 g/mol. The quantitative estimate of drug-likeness (QED) is 0.583. The van der Waals surface area contributed by atoms with Crippen LogP contribution in [-0.4, -0.2) is 24.7 Å². The summed E-state index contributed by atoms with van der Waals surface area (Å²) in [6, 6.07) is 0. The lowest BCUT2D eigenvalue weighted by Gasteiger charge is -2.10. The molecule has 0 spiro atoms. The van der Waals surface area contributed by atoms with Crippen molar-refractivity contribution in [1.29, 1.82) is 0 Å². The minimum absolute atomic E-state index is 0.238. The highest BCUT2D eigenvalue weighted by Gasteiger charge is 2.03. The number of carbonyl (C=O) groups excluding carboxylic acids is 2. The molecule has 3 nitrogen and oxygen atoms in total. The zero-order valence-electron chi connectivity index (χ0n) is 10.8. The maximum atomic E-state index is 10.8. The Hall–Kier alpha value is -0.700. The van der Waals surface area contributed by atoms with Crippen molar-refractivity contribution < 1.29 is 9.59 Å². The third kappa shape index (κ3) is 11.4. The van der Waals surface area contributed by atoms with Crippen molar-refractivity contribution in [3.8, 4) is 0 Å². The third-order valence-electron chi connectivity index (χ3n) is 2.69. The van der Waals surface area contributed by atoms with Crippen LogP contribution in [0.3, 0.4) is 0 Å². The van der Waals surface area contributed by atoms with Crippen molar-refractivity contribution in [2.24, 2.45) is 5.92 Å².